The second kappa shape index (κ2) is 7.45. The van der Waals surface area contributed by atoms with Crippen LogP contribution >= 0.6 is 0 Å². The number of carbonyl (C=O) groups is 1. The first-order chi connectivity index (χ1) is 12.3. The maximum absolute atomic E-state index is 12.1. The second-order valence-electron chi connectivity index (χ2n) is 7.33. The van der Waals surface area contributed by atoms with E-state index in [1.165, 1.54) is 0 Å². The van der Waals surface area contributed by atoms with Gasteiger partial charge in [0.25, 0.3) is 5.89 Å². The van der Waals surface area contributed by atoms with E-state index in [9.17, 15) is 4.79 Å². The Morgan fingerprint density at radius 3 is 2.62 bits per heavy atom. The number of amides is 1. The summed E-state index contributed by atoms with van der Waals surface area (Å²) in [7, 11) is 0. The highest BCUT2D eigenvalue weighted by molar-refractivity contribution is 5.68. The Morgan fingerprint density at radius 2 is 2.00 bits per heavy atom. The van der Waals surface area contributed by atoms with Crippen molar-refractivity contribution in [3.63, 3.8) is 0 Å². The van der Waals surface area contributed by atoms with Crippen molar-refractivity contribution in [1.29, 1.82) is 0 Å². The largest absolute Gasteiger partial charge is 0.444 e. The van der Waals surface area contributed by atoms with Gasteiger partial charge in [-0.2, -0.15) is 4.98 Å². The average Bonchev–Trinajstić information content (AvgIpc) is 3.20. The molecule has 0 aliphatic carbocycles. The lowest BCUT2D eigenvalue weighted by Gasteiger charge is -2.33. The van der Waals surface area contributed by atoms with Crippen molar-refractivity contribution in [3.05, 3.63) is 17.6 Å². The molecule has 1 saturated heterocycles. The van der Waals surface area contributed by atoms with Gasteiger partial charge in [-0.15, -0.1) is 0 Å². The topological polar surface area (TPSA) is 104 Å². The van der Waals surface area contributed by atoms with Gasteiger partial charge >= 0.3 is 6.09 Å². The van der Waals surface area contributed by atoms with Crippen molar-refractivity contribution in [2.75, 3.05) is 13.1 Å². The number of likely N-dealkylation sites (tertiary alicyclic amines) is 1. The lowest BCUT2D eigenvalue weighted by Crippen LogP contribution is -2.43. The zero-order valence-corrected chi connectivity index (χ0v) is 15.5. The first-order valence-electron chi connectivity index (χ1n) is 8.66. The first-order valence-corrected chi connectivity index (χ1v) is 8.66. The second-order valence-corrected chi connectivity index (χ2v) is 7.33. The van der Waals surface area contributed by atoms with Crippen LogP contribution in [0.4, 0.5) is 4.79 Å². The van der Waals surface area contributed by atoms with E-state index in [-0.39, 0.29) is 24.7 Å². The van der Waals surface area contributed by atoms with Crippen molar-refractivity contribution < 1.29 is 23.3 Å². The van der Waals surface area contributed by atoms with E-state index in [0.29, 0.717) is 24.7 Å². The maximum atomic E-state index is 12.1. The van der Waals surface area contributed by atoms with Gasteiger partial charge in [0.1, 0.15) is 12.2 Å². The van der Waals surface area contributed by atoms with Crippen LogP contribution in [0, 0.1) is 6.92 Å². The molecule has 0 aromatic carbocycles. The van der Waals surface area contributed by atoms with Crippen LogP contribution in [0.25, 0.3) is 11.7 Å². The number of nitrogens with zero attached hydrogens (tertiary/aromatic N) is 4. The van der Waals surface area contributed by atoms with E-state index in [2.05, 4.69) is 15.3 Å². The summed E-state index contributed by atoms with van der Waals surface area (Å²) in [6.07, 6.45) is 1.25. The standard InChI is InChI=1S/C17H24N4O5/c1-11-9-13(25-19-11)15-18-14(20-26-15)10-23-12-5-7-21(8-6-12)16(22)24-17(2,3)4/h9,12H,5-8,10H2,1-4H3. The first kappa shape index (κ1) is 18.4. The number of carbonyl (C=O) groups excluding carboxylic acids is 1. The highest BCUT2D eigenvalue weighted by atomic mass is 16.6. The molecule has 3 rings (SSSR count). The molecule has 3 heterocycles. The normalized spacial score (nSPS) is 16.1. The third kappa shape index (κ3) is 4.81. The van der Waals surface area contributed by atoms with E-state index in [4.69, 9.17) is 18.5 Å². The van der Waals surface area contributed by atoms with Gasteiger partial charge in [0.2, 0.25) is 5.76 Å². The minimum Gasteiger partial charge on any atom is -0.444 e. The number of hydrogen-bond acceptors (Lipinski definition) is 8. The van der Waals surface area contributed by atoms with Gasteiger partial charge in [0, 0.05) is 19.2 Å². The summed E-state index contributed by atoms with van der Waals surface area (Å²) in [5.41, 5.74) is 0.260. The van der Waals surface area contributed by atoms with E-state index in [1.54, 1.807) is 11.0 Å². The van der Waals surface area contributed by atoms with Gasteiger partial charge in [-0.3, -0.25) is 0 Å². The van der Waals surface area contributed by atoms with Crippen LogP contribution in [0.15, 0.2) is 15.1 Å². The minimum absolute atomic E-state index is 0.0446. The Hall–Kier alpha value is -2.42. The summed E-state index contributed by atoms with van der Waals surface area (Å²) in [4.78, 5) is 18.0. The molecule has 0 N–H and O–H groups in total. The van der Waals surface area contributed by atoms with Gasteiger partial charge in [0.15, 0.2) is 5.82 Å². The molecule has 1 fully saturated rings. The Labute approximate surface area is 151 Å². The zero-order chi connectivity index (χ0) is 18.7. The maximum Gasteiger partial charge on any atom is 0.410 e. The molecule has 0 saturated carbocycles. The summed E-state index contributed by atoms with van der Waals surface area (Å²) in [6, 6.07) is 1.73. The van der Waals surface area contributed by atoms with Crippen molar-refractivity contribution in [1.82, 2.24) is 20.2 Å². The molecule has 9 heteroatoms. The molecular weight excluding hydrogens is 340 g/mol. The molecule has 1 amide bonds. The van der Waals surface area contributed by atoms with Crippen LogP contribution in [0.5, 0.6) is 0 Å². The third-order valence-electron chi connectivity index (χ3n) is 3.85. The number of aryl methyl sites for hydroxylation is 1. The molecule has 0 spiro atoms. The molecular formula is C17H24N4O5. The Morgan fingerprint density at radius 1 is 1.27 bits per heavy atom. The zero-order valence-electron chi connectivity index (χ0n) is 15.5. The third-order valence-corrected chi connectivity index (χ3v) is 3.85. The predicted octanol–water partition coefficient (Wildman–Crippen LogP) is 2.95. The summed E-state index contributed by atoms with van der Waals surface area (Å²) in [5, 5.41) is 7.67. The monoisotopic (exact) mass is 364 g/mol. The number of aromatic nitrogens is 3. The molecule has 9 nitrogen and oxygen atoms in total. The molecule has 1 aliphatic heterocycles. The molecule has 0 bridgehead atoms. The lowest BCUT2D eigenvalue weighted by atomic mass is 10.1. The van der Waals surface area contributed by atoms with Crippen molar-refractivity contribution in [3.8, 4) is 11.7 Å². The Bertz CT molecular complexity index is 740. The van der Waals surface area contributed by atoms with Crippen LogP contribution in [-0.2, 0) is 16.1 Å². The highest BCUT2D eigenvalue weighted by Crippen LogP contribution is 2.20. The number of ether oxygens (including phenoxy) is 2. The van der Waals surface area contributed by atoms with Crippen LogP contribution in [0.2, 0.25) is 0 Å². The summed E-state index contributed by atoms with van der Waals surface area (Å²) >= 11 is 0. The fourth-order valence-electron chi connectivity index (χ4n) is 2.60. The molecule has 142 valence electrons. The molecule has 0 radical (unpaired) electrons. The summed E-state index contributed by atoms with van der Waals surface area (Å²) < 4.78 is 21.5. The van der Waals surface area contributed by atoms with E-state index >= 15 is 0 Å². The van der Waals surface area contributed by atoms with Gasteiger partial charge in [0.05, 0.1) is 11.8 Å². The SMILES string of the molecule is Cc1cc(-c2nc(COC3CCN(C(=O)OC(C)(C)C)CC3)no2)on1. The van der Waals surface area contributed by atoms with Gasteiger partial charge in [-0.1, -0.05) is 10.3 Å². The van der Waals surface area contributed by atoms with E-state index in [0.717, 1.165) is 18.5 Å². The van der Waals surface area contributed by atoms with Crippen LogP contribution in [-0.4, -0.2) is 51.1 Å². The van der Waals surface area contributed by atoms with Crippen molar-refractivity contribution >= 4 is 6.09 Å². The number of piperidine rings is 1. The average molecular weight is 364 g/mol. The van der Waals surface area contributed by atoms with Gasteiger partial charge in [-0.25, -0.2) is 4.79 Å². The Kier molecular flexibility index (Phi) is 5.26. The van der Waals surface area contributed by atoms with Crippen LogP contribution in [0.3, 0.4) is 0 Å². The highest BCUT2D eigenvalue weighted by Gasteiger charge is 2.27. The smallest absolute Gasteiger partial charge is 0.410 e. The lowest BCUT2D eigenvalue weighted by molar-refractivity contribution is -0.0190. The molecule has 0 atom stereocenters. The van der Waals surface area contributed by atoms with Crippen molar-refractivity contribution in [2.45, 2.75) is 58.8 Å². The van der Waals surface area contributed by atoms with Gasteiger partial charge < -0.3 is 23.4 Å². The molecule has 2 aromatic heterocycles. The molecule has 26 heavy (non-hydrogen) atoms. The van der Waals surface area contributed by atoms with Crippen LogP contribution in [0.1, 0.15) is 45.1 Å². The minimum atomic E-state index is -0.483. The number of rotatable bonds is 4. The van der Waals surface area contributed by atoms with Gasteiger partial charge in [-0.05, 0) is 40.5 Å². The van der Waals surface area contributed by atoms with E-state index < -0.39 is 5.60 Å². The quantitative estimate of drug-likeness (QED) is 0.815. The molecule has 1 aliphatic rings. The van der Waals surface area contributed by atoms with Crippen LogP contribution < -0.4 is 0 Å². The Balaban J connectivity index is 1.44. The fraction of sp³-hybridized carbons (Fsp3) is 0.647. The summed E-state index contributed by atoms with van der Waals surface area (Å²) in [5.74, 6) is 1.17. The fourth-order valence-corrected chi connectivity index (χ4v) is 2.60. The number of hydrogen-bond donors (Lipinski definition) is 0. The van der Waals surface area contributed by atoms with Crippen molar-refractivity contribution in [2.24, 2.45) is 0 Å². The molecule has 2 aromatic rings. The summed E-state index contributed by atoms with van der Waals surface area (Å²) in [6.45, 7) is 8.85. The predicted molar refractivity (Wildman–Crippen MR) is 90.2 cm³/mol. The van der Waals surface area contributed by atoms with E-state index in [1.807, 2.05) is 27.7 Å². The molecule has 0 unspecified atom stereocenters.